The Kier molecular flexibility index (Phi) is 6.41. The molecule has 1 aromatic carbocycles. The van der Waals surface area contributed by atoms with E-state index in [1.54, 1.807) is 19.9 Å². The molecular formula is C23H25F3N4O3S. The van der Waals surface area contributed by atoms with E-state index in [1.807, 2.05) is 6.07 Å². The normalized spacial score (nSPS) is 17.5. The number of pyridine rings is 1. The highest BCUT2D eigenvalue weighted by Crippen LogP contribution is 2.37. The summed E-state index contributed by atoms with van der Waals surface area (Å²) < 4.78 is 68.7. The van der Waals surface area contributed by atoms with E-state index in [2.05, 4.69) is 20.3 Å². The zero-order valence-corrected chi connectivity index (χ0v) is 19.8. The van der Waals surface area contributed by atoms with Crippen molar-refractivity contribution in [2.24, 2.45) is 0 Å². The second kappa shape index (κ2) is 9.01. The lowest BCUT2D eigenvalue weighted by molar-refractivity contribution is -0.137. The first-order valence-corrected chi connectivity index (χ1v) is 12.7. The molecule has 0 unspecified atom stereocenters. The number of nitrogens with one attached hydrogen (secondary N) is 1. The van der Waals surface area contributed by atoms with Crippen LogP contribution in [0.4, 0.5) is 19.0 Å². The zero-order chi connectivity index (χ0) is 24.7. The minimum atomic E-state index is -4.43. The van der Waals surface area contributed by atoms with Gasteiger partial charge < -0.3 is 10.1 Å². The summed E-state index contributed by atoms with van der Waals surface area (Å²) in [5, 5.41) is 3.80. The first-order valence-electron chi connectivity index (χ1n) is 10.8. The highest BCUT2D eigenvalue weighted by molar-refractivity contribution is 7.91. The van der Waals surface area contributed by atoms with Gasteiger partial charge in [-0.25, -0.2) is 18.4 Å². The quantitative estimate of drug-likeness (QED) is 0.543. The molecule has 1 saturated heterocycles. The molecule has 2 aromatic heterocycles. The highest BCUT2D eigenvalue weighted by atomic mass is 32.2. The van der Waals surface area contributed by atoms with Gasteiger partial charge in [0.2, 0.25) is 5.88 Å². The third-order valence-corrected chi connectivity index (χ3v) is 7.76. The fourth-order valence-corrected chi connectivity index (χ4v) is 5.69. The van der Waals surface area contributed by atoms with Crippen molar-refractivity contribution < 1.29 is 26.3 Å². The van der Waals surface area contributed by atoms with Gasteiger partial charge >= 0.3 is 6.18 Å². The molecule has 7 nitrogen and oxygen atoms in total. The molecule has 34 heavy (non-hydrogen) atoms. The van der Waals surface area contributed by atoms with Crippen LogP contribution in [0.25, 0.3) is 11.0 Å². The molecule has 1 N–H and O–H groups in total. The lowest BCUT2D eigenvalue weighted by Crippen LogP contribution is -2.22. The second-order valence-corrected chi connectivity index (χ2v) is 10.8. The van der Waals surface area contributed by atoms with E-state index in [0.29, 0.717) is 47.0 Å². The summed E-state index contributed by atoms with van der Waals surface area (Å²) >= 11 is 0. The van der Waals surface area contributed by atoms with Crippen molar-refractivity contribution in [2.45, 2.75) is 44.8 Å². The van der Waals surface area contributed by atoms with Gasteiger partial charge in [0.25, 0.3) is 0 Å². The van der Waals surface area contributed by atoms with Gasteiger partial charge in [-0.15, -0.1) is 0 Å². The average Bonchev–Trinajstić information content (AvgIpc) is 2.78. The second-order valence-electron chi connectivity index (χ2n) is 8.49. The number of sulfone groups is 1. The van der Waals surface area contributed by atoms with E-state index in [4.69, 9.17) is 4.74 Å². The maximum atomic E-state index is 13.2. The Morgan fingerprint density at radius 3 is 2.47 bits per heavy atom. The lowest BCUT2D eigenvalue weighted by Gasteiger charge is -2.24. The number of ether oxygens (including phenoxy) is 1. The van der Waals surface area contributed by atoms with Gasteiger partial charge in [0, 0.05) is 11.6 Å². The van der Waals surface area contributed by atoms with Gasteiger partial charge in [-0.2, -0.15) is 18.2 Å². The molecule has 0 bridgehead atoms. The predicted octanol–water partition coefficient (Wildman–Crippen LogP) is 4.83. The molecule has 1 atom stereocenters. The van der Waals surface area contributed by atoms with Gasteiger partial charge in [0.05, 0.1) is 29.6 Å². The topological polar surface area (TPSA) is 94.1 Å². The van der Waals surface area contributed by atoms with E-state index in [-0.39, 0.29) is 17.4 Å². The molecule has 1 aliphatic rings. The summed E-state index contributed by atoms with van der Waals surface area (Å²) in [7, 11) is -1.54. The summed E-state index contributed by atoms with van der Waals surface area (Å²) in [5.74, 6) is 1.41. The molecule has 4 rings (SSSR count). The number of hydrogen-bond donors (Lipinski definition) is 1. The minimum absolute atomic E-state index is 0.0505. The van der Waals surface area contributed by atoms with E-state index in [0.717, 1.165) is 17.7 Å². The van der Waals surface area contributed by atoms with Crippen LogP contribution in [0, 0.1) is 6.92 Å². The lowest BCUT2D eigenvalue weighted by atomic mass is 9.93. The molecule has 11 heteroatoms. The van der Waals surface area contributed by atoms with E-state index in [9.17, 15) is 21.6 Å². The number of aryl methyl sites for hydroxylation is 1. The summed E-state index contributed by atoms with van der Waals surface area (Å²) in [4.78, 5) is 13.4. The van der Waals surface area contributed by atoms with Crippen LogP contribution in [0.15, 0.2) is 30.3 Å². The number of aromatic nitrogens is 3. The molecule has 0 amide bonds. The minimum Gasteiger partial charge on any atom is -0.481 e. The Morgan fingerprint density at radius 2 is 1.82 bits per heavy atom. The van der Waals surface area contributed by atoms with Crippen molar-refractivity contribution in [3.05, 3.63) is 52.8 Å². The molecule has 0 spiro atoms. The van der Waals surface area contributed by atoms with Crippen molar-refractivity contribution in [2.75, 3.05) is 23.9 Å². The molecule has 182 valence electrons. The molecule has 3 aromatic rings. The molecule has 0 saturated carbocycles. The number of hydrogen-bond acceptors (Lipinski definition) is 7. The molecule has 1 aliphatic heterocycles. The number of methoxy groups -OCH3 is 1. The maximum Gasteiger partial charge on any atom is 0.416 e. The van der Waals surface area contributed by atoms with E-state index < -0.39 is 27.6 Å². The molecule has 0 radical (unpaired) electrons. The molecular weight excluding hydrogens is 469 g/mol. The molecule has 1 fully saturated rings. The van der Waals surface area contributed by atoms with Crippen LogP contribution >= 0.6 is 0 Å². The van der Waals surface area contributed by atoms with Crippen LogP contribution < -0.4 is 10.1 Å². The Hall–Kier alpha value is -2.95. The standard InChI is InChI=1S/C23H25F3N4O3S/c1-13(16-5-4-6-17(11-16)23(24,25)26)27-20-19-12-18(15-7-9-34(31,32)10-8-15)22(33-3)30-21(19)29-14(2)28-20/h4-6,11-13,15H,7-10H2,1-3H3,(H,27,28,29,30)/t13-/m1/s1. The number of rotatable bonds is 5. The monoisotopic (exact) mass is 494 g/mol. The Labute approximate surface area is 195 Å². The van der Waals surface area contributed by atoms with Gasteiger partial charge in [-0.1, -0.05) is 12.1 Å². The van der Waals surface area contributed by atoms with Crippen LogP contribution in [0.3, 0.4) is 0 Å². The summed E-state index contributed by atoms with van der Waals surface area (Å²) in [6.45, 7) is 3.45. The van der Waals surface area contributed by atoms with Crippen molar-refractivity contribution in [3.63, 3.8) is 0 Å². The zero-order valence-electron chi connectivity index (χ0n) is 19.0. The van der Waals surface area contributed by atoms with E-state index in [1.165, 1.54) is 13.2 Å². The summed E-state index contributed by atoms with van der Waals surface area (Å²) in [6.07, 6.45) is -3.51. The van der Waals surface area contributed by atoms with Crippen LogP contribution in [0.5, 0.6) is 5.88 Å². The third kappa shape index (κ3) is 5.08. The fourth-order valence-electron chi connectivity index (χ4n) is 4.20. The Balaban J connectivity index is 1.73. The molecule has 3 heterocycles. The van der Waals surface area contributed by atoms with Crippen LogP contribution in [-0.2, 0) is 16.0 Å². The number of alkyl halides is 3. The van der Waals surface area contributed by atoms with Crippen molar-refractivity contribution in [3.8, 4) is 5.88 Å². The van der Waals surface area contributed by atoms with Crippen molar-refractivity contribution >= 4 is 26.7 Å². The first-order chi connectivity index (χ1) is 16.0. The first kappa shape index (κ1) is 24.2. The average molecular weight is 495 g/mol. The fraction of sp³-hybridized carbons (Fsp3) is 0.435. The Bertz CT molecular complexity index is 1320. The number of anilines is 1. The van der Waals surface area contributed by atoms with Crippen LogP contribution in [-0.4, -0.2) is 42.0 Å². The van der Waals surface area contributed by atoms with Gasteiger partial charge in [0.1, 0.15) is 21.5 Å². The predicted molar refractivity (Wildman–Crippen MR) is 123 cm³/mol. The van der Waals surface area contributed by atoms with E-state index >= 15 is 0 Å². The van der Waals surface area contributed by atoms with Gasteiger partial charge in [-0.05, 0) is 56.4 Å². The number of halogens is 3. The number of benzene rings is 1. The number of fused-ring (bicyclic) bond motifs is 1. The largest absolute Gasteiger partial charge is 0.481 e. The highest BCUT2D eigenvalue weighted by Gasteiger charge is 2.31. The Morgan fingerprint density at radius 1 is 1.12 bits per heavy atom. The smallest absolute Gasteiger partial charge is 0.416 e. The van der Waals surface area contributed by atoms with Gasteiger partial charge in [0.15, 0.2) is 5.65 Å². The van der Waals surface area contributed by atoms with Crippen LogP contribution in [0.1, 0.15) is 54.2 Å². The van der Waals surface area contributed by atoms with Gasteiger partial charge in [-0.3, -0.25) is 0 Å². The summed E-state index contributed by atoms with van der Waals surface area (Å²) in [6, 6.07) is 6.52. The maximum absolute atomic E-state index is 13.2. The summed E-state index contributed by atoms with van der Waals surface area (Å²) in [5.41, 5.74) is 0.893. The SMILES string of the molecule is COc1nc2nc(C)nc(N[C@H](C)c3cccc(C(F)(F)F)c3)c2cc1C1CCS(=O)(=O)CC1. The molecule has 0 aliphatic carbocycles. The number of nitrogens with zero attached hydrogens (tertiary/aromatic N) is 3. The van der Waals surface area contributed by atoms with Crippen LogP contribution in [0.2, 0.25) is 0 Å². The third-order valence-electron chi connectivity index (χ3n) is 6.05. The van der Waals surface area contributed by atoms with Crippen molar-refractivity contribution in [1.29, 1.82) is 0 Å². The van der Waals surface area contributed by atoms with Crippen molar-refractivity contribution in [1.82, 2.24) is 15.0 Å².